The molecule has 4 atom stereocenters. The highest BCUT2D eigenvalue weighted by atomic mass is 16.4. The van der Waals surface area contributed by atoms with Crippen LogP contribution in [0.1, 0.15) is 19.3 Å². The van der Waals surface area contributed by atoms with Crippen LogP contribution < -0.4 is 0 Å². The van der Waals surface area contributed by atoms with Crippen LogP contribution in [-0.4, -0.2) is 33.5 Å². The normalized spacial score (nSPS) is 49.2. The minimum atomic E-state index is -1.07. The molecule has 2 bridgehead atoms. The average molecular weight is 186 g/mol. The van der Waals surface area contributed by atoms with Gasteiger partial charge in [-0.2, -0.15) is 0 Å². The van der Waals surface area contributed by atoms with Crippen LogP contribution in [0.15, 0.2) is 0 Å². The Bertz CT molecular complexity index is 212. The summed E-state index contributed by atoms with van der Waals surface area (Å²) < 4.78 is 0. The zero-order chi connectivity index (χ0) is 9.59. The number of fused-ring (bicyclic) bond motifs is 2. The second-order valence-electron chi connectivity index (χ2n) is 4.18. The fourth-order valence-corrected chi connectivity index (χ4v) is 2.75. The number of hydrogen-bond donors (Lipinski definition) is 3. The summed E-state index contributed by atoms with van der Waals surface area (Å²) in [6, 6.07) is 0. The van der Waals surface area contributed by atoms with Gasteiger partial charge < -0.3 is 15.3 Å². The van der Waals surface area contributed by atoms with Crippen molar-refractivity contribution in [2.45, 2.75) is 31.5 Å². The maximum atomic E-state index is 10.8. The maximum absolute atomic E-state index is 10.8. The Balaban J connectivity index is 2.22. The van der Waals surface area contributed by atoms with E-state index >= 15 is 0 Å². The van der Waals surface area contributed by atoms with E-state index in [1.54, 1.807) is 0 Å². The topological polar surface area (TPSA) is 77.8 Å². The smallest absolute Gasteiger partial charge is 0.311 e. The Morgan fingerprint density at radius 2 is 1.54 bits per heavy atom. The van der Waals surface area contributed by atoms with Crippen molar-refractivity contribution < 1.29 is 20.1 Å². The summed E-state index contributed by atoms with van der Waals surface area (Å²) in [6.07, 6.45) is 0.781. The zero-order valence-corrected chi connectivity index (χ0v) is 7.26. The summed E-state index contributed by atoms with van der Waals surface area (Å²) in [7, 11) is 0. The molecule has 0 amide bonds. The van der Waals surface area contributed by atoms with Crippen molar-refractivity contribution in [3.05, 3.63) is 0 Å². The number of carboxylic acids is 1. The number of carbonyl (C=O) groups is 1. The Morgan fingerprint density at radius 3 is 1.92 bits per heavy atom. The SMILES string of the molecule is O=C(O)C1C(O)C2CCC(C2)C1O. The number of aliphatic hydroxyl groups is 2. The van der Waals surface area contributed by atoms with Gasteiger partial charge in [0.1, 0.15) is 5.92 Å². The lowest BCUT2D eigenvalue weighted by molar-refractivity contribution is -0.159. The van der Waals surface area contributed by atoms with Gasteiger partial charge >= 0.3 is 5.97 Å². The summed E-state index contributed by atoms with van der Waals surface area (Å²) in [6.45, 7) is 0. The van der Waals surface area contributed by atoms with Crippen molar-refractivity contribution in [2.24, 2.45) is 17.8 Å². The molecule has 0 aromatic carbocycles. The van der Waals surface area contributed by atoms with E-state index in [2.05, 4.69) is 0 Å². The number of hydrogen-bond acceptors (Lipinski definition) is 3. The summed E-state index contributed by atoms with van der Waals surface area (Å²) >= 11 is 0. The molecular formula is C9H14O4. The molecule has 2 aliphatic carbocycles. The van der Waals surface area contributed by atoms with E-state index in [4.69, 9.17) is 5.11 Å². The molecule has 4 unspecified atom stereocenters. The minimum Gasteiger partial charge on any atom is -0.481 e. The maximum Gasteiger partial charge on any atom is 0.311 e. The summed E-state index contributed by atoms with van der Waals surface area (Å²) in [5.74, 6) is -1.85. The lowest BCUT2D eigenvalue weighted by Gasteiger charge is -2.34. The molecule has 2 rings (SSSR count). The minimum absolute atomic E-state index is 0.0921. The van der Waals surface area contributed by atoms with Gasteiger partial charge in [-0.3, -0.25) is 4.79 Å². The molecule has 4 heteroatoms. The van der Waals surface area contributed by atoms with E-state index in [1.807, 2.05) is 0 Å². The molecule has 0 saturated heterocycles. The number of carboxylic acid groups (broad SMARTS) is 1. The predicted molar refractivity (Wildman–Crippen MR) is 44.0 cm³/mol. The lowest BCUT2D eigenvalue weighted by atomic mass is 9.76. The molecule has 2 aliphatic rings. The monoisotopic (exact) mass is 186 g/mol. The van der Waals surface area contributed by atoms with E-state index in [-0.39, 0.29) is 11.8 Å². The predicted octanol–water partition coefficient (Wildman–Crippen LogP) is -0.161. The first-order chi connectivity index (χ1) is 6.11. The summed E-state index contributed by atoms with van der Waals surface area (Å²) in [5.41, 5.74) is 0. The lowest BCUT2D eigenvalue weighted by Crippen LogP contribution is -2.47. The van der Waals surface area contributed by atoms with Crippen LogP contribution in [0.2, 0.25) is 0 Å². The third kappa shape index (κ3) is 1.25. The van der Waals surface area contributed by atoms with Gasteiger partial charge in [-0.15, -0.1) is 0 Å². The summed E-state index contributed by atoms with van der Waals surface area (Å²) in [4.78, 5) is 10.8. The Labute approximate surface area is 76.2 Å². The number of rotatable bonds is 1. The van der Waals surface area contributed by atoms with Gasteiger partial charge in [0.15, 0.2) is 0 Å². The van der Waals surface area contributed by atoms with Gasteiger partial charge in [0.05, 0.1) is 12.2 Å². The Kier molecular flexibility index (Phi) is 2.04. The third-order valence-corrected chi connectivity index (χ3v) is 3.50. The van der Waals surface area contributed by atoms with Crippen molar-refractivity contribution in [1.82, 2.24) is 0 Å². The zero-order valence-electron chi connectivity index (χ0n) is 7.26. The molecular weight excluding hydrogens is 172 g/mol. The van der Waals surface area contributed by atoms with Crippen LogP contribution in [-0.2, 0) is 4.79 Å². The van der Waals surface area contributed by atoms with E-state index < -0.39 is 24.1 Å². The Hall–Kier alpha value is -0.610. The second-order valence-corrected chi connectivity index (χ2v) is 4.18. The van der Waals surface area contributed by atoms with Crippen molar-refractivity contribution in [1.29, 1.82) is 0 Å². The van der Waals surface area contributed by atoms with Crippen LogP contribution in [0, 0.1) is 17.8 Å². The molecule has 3 N–H and O–H groups in total. The van der Waals surface area contributed by atoms with Gasteiger partial charge in [-0.1, -0.05) is 0 Å². The highest BCUT2D eigenvalue weighted by Crippen LogP contribution is 2.44. The fourth-order valence-electron chi connectivity index (χ4n) is 2.75. The largest absolute Gasteiger partial charge is 0.481 e. The van der Waals surface area contributed by atoms with Crippen molar-refractivity contribution in [2.75, 3.05) is 0 Å². The molecule has 0 heterocycles. The Morgan fingerprint density at radius 1 is 1.08 bits per heavy atom. The number of aliphatic hydroxyl groups excluding tert-OH is 2. The van der Waals surface area contributed by atoms with E-state index in [9.17, 15) is 15.0 Å². The van der Waals surface area contributed by atoms with Crippen molar-refractivity contribution >= 4 is 5.97 Å². The highest BCUT2D eigenvalue weighted by molar-refractivity contribution is 5.71. The van der Waals surface area contributed by atoms with Crippen LogP contribution in [0.5, 0.6) is 0 Å². The van der Waals surface area contributed by atoms with Gasteiger partial charge in [-0.05, 0) is 31.1 Å². The van der Waals surface area contributed by atoms with Crippen LogP contribution in [0.3, 0.4) is 0 Å². The van der Waals surface area contributed by atoms with Gasteiger partial charge in [0.25, 0.3) is 0 Å². The van der Waals surface area contributed by atoms with Gasteiger partial charge in [0.2, 0.25) is 0 Å². The molecule has 2 saturated carbocycles. The molecule has 0 aliphatic heterocycles. The molecule has 0 spiro atoms. The summed E-state index contributed by atoms with van der Waals surface area (Å²) in [5, 5.41) is 28.1. The van der Waals surface area contributed by atoms with Gasteiger partial charge in [-0.25, -0.2) is 0 Å². The van der Waals surface area contributed by atoms with Crippen LogP contribution in [0.4, 0.5) is 0 Å². The van der Waals surface area contributed by atoms with Crippen molar-refractivity contribution in [3.8, 4) is 0 Å². The van der Waals surface area contributed by atoms with Crippen molar-refractivity contribution in [3.63, 3.8) is 0 Å². The molecule has 2 fully saturated rings. The molecule has 74 valence electrons. The molecule has 4 nitrogen and oxygen atoms in total. The van der Waals surface area contributed by atoms with E-state index in [1.165, 1.54) is 0 Å². The van der Waals surface area contributed by atoms with Crippen LogP contribution in [0.25, 0.3) is 0 Å². The molecule has 0 aromatic rings. The highest BCUT2D eigenvalue weighted by Gasteiger charge is 2.50. The quantitative estimate of drug-likeness (QED) is 0.531. The first kappa shape index (κ1) is 8.97. The number of aliphatic carboxylic acids is 1. The second kappa shape index (κ2) is 2.96. The van der Waals surface area contributed by atoms with Gasteiger partial charge in [0, 0.05) is 0 Å². The standard InChI is InChI=1S/C9H14O4/c10-7-4-1-2-5(3-4)8(11)6(7)9(12)13/h4-8,10-11H,1-3H2,(H,12,13). The van der Waals surface area contributed by atoms with E-state index in [0.29, 0.717) is 0 Å². The molecule has 0 radical (unpaired) electrons. The molecule has 13 heavy (non-hydrogen) atoms. The van der Waals surface area contributed by atoms with Crippen LogP contribution >= 0.6 is 0 Å². The third-order valence-electron chi connectivity index (χ3n) is 3.50. The fraction of sp³-hybridized carbons (Fsp3) is 0.889. The first-order valence-corrected chi connectivity index (χ1v) is 4.70. The molecule has 0 aromatic heterocycles. The average Bonchev–Trinajstić information content (AvgIpc) is 2.46. The first-order valence-electron chi connectivity index (χ1n) is 4.70. The van der Waals surface area contributed by atoms with E-state index in [0.717, 1.165) is 19.3 Å².